The van der Waals surface area contributed by atoms with E-state index in [4.69, 9.17) is 14.2 Å². The minimum atomic E-state index is -0.863. The molecule has 2 saturated heterocycles. The molecule has 1 amide bonds. The number of aryl methyl sites for hydroxylation is 1. The highest BCUT2D eigenvalue weighted by molar-refractivity contribution is 6.46. The van der Waals surface area contributed by atoms with Crippen molar-refractivity contribution in [1.82, 2.24) is 19.2 Å². The summed E-state index contributed by atoms with van der Waals surface area (Å²) < 4.78 is 18.2. The van der Waals surface area contributed by atoms with Gasteiger partial charge in [-0.05, 0) is 43.7 Å². The van der Waals surface area contributed by atoms with Gasteiger partial charge in [0.15, 0.2) is 5.76 Å². The average Bonchev–Trinajstić information content (AvgIpc) is 3.41. The molecule has 5 rings (SSSR count). The Balaban J connectivity index is 1.61. The van der Waals surface area contributed by atoms with Gasteiger partial charge in [-0.25, -0.2) is 4.98 Å². The van der Waals surface area contributed by atoms with Crippen LogP contribution in [0.3, 0.4) is 0 Å². The Hall–Kier alpha value is -3.89. The topological polar surface area (TPSA) is 106 Å². The van der Waals surface area contributed by atoms with Gasteiger partial charge in [-0.3, -0.25) is 18.9 Å². The van der Waals surface area contributed by atoms with E-state index >= 15 is 0 Å². The summed E-state index contributed by atoms with van der Waals surface area (Å²) >= 11 is 0. The molecule has 0 bridgehead atoms. The van der Waals surface area contributed by atoms with E-state index in [1.54, 1.807) is 42.8 Å². The van der Waals surface area contributed by atoms with E-state index in [0.717, 1.165) is 19.6 Å². The van der Waals surface area contributed by atoms with Crippen molar-refractivity contribution >= 4 is 23.1 Å². The number of rotatable bonds is 8. The van der Waals surface area contributed by atoms with E-state index in [1.165, 1.54) is 12.0 Å². The van der Waals surface area contributed by atoms with Crippen LogP contribution in [-0.2, 0) is 14.3 Å². The molecule has 2 aliphatic rings. The van der Waals surface area contributed by atoms with Crippen molar-refractivity contribution in [1.29, 1.82) is 0 Å². The Morgan fingerprint density at radius 3 is 2.63 bits per heavy atom. The number of morpholine rings is 1. The third-order valence-corrected chi connectivity index (χ3v) is 7.18. The van der Waals surface area contributed by atoms with E-state index in [2.05, 4.69) is 9.88 Å². The number of methoxy groups -OCH3 is 2. The van der Waals surface area contributed by atoms with Crippen molar-refractivity contribution in [3.05, 3.63) is 65.1 Å². The van der Waals surface area contributed by atoms with E-state index in [-0.39, 0.29) is 11.3 Å². The molecule has 0 radical (unpaired) electrons. The molecule has 2 aromatic heterocycles. The predicted molar refractivity (Wildman–Crippen MR) is 140 cm³/mol. The highest BCUT2D eigenvalue weighted by Gasteiger charge is 2.47. The third-order valence-electron chi connectivity index (χ3n) is 7.18. The quantitative estimate of drug-likeness (QED) is 0.275. The summed E-state index contributed by atoms with van der Waals surface area (Å²) in [6, 6.07) is 9.86. The summed E-state index contributed by atoms with van der Waals surface area (Å²) in [4.78, 5) is 35.4. The van der Waals surface area contributed by atoms with Gasteiger partial charge in [0.1, 0.15) is 22.8 Å². The number of benzene rings is 1. The molecule has 0 aliphatic carbocycles. The summed E-state index contributed by atoms with van der Waals surface area (Å²) in [7, 11) is 3.08. The van der Waals surface area contributed by atoms with Crippen LogP contribution in [0.25, 0.3) is 11.4 Å². The Kier molecular flexibility index (Phi) is 7.35. The molecule has 4 heterocycles. The van der Waals surface area contributed by atoms with Crippen LogP contribution in [0.2, 0.25) is 0 Å². The maximum atomic E-state index is 13.6. The molecule has 0 unspecified atom stereocenters. The van der Waals surface area contributed by atoms with Gasteiger partial charge in [0.25, 0.3) is 11.7 Å². The second-order valence-electron chi connectivity index (χ2n) is 9.38. The fourth-order valence-corrected chi connectivity index (χ4v) is 5.30. The number of Topliss-reactive ketones (excluding diaryl/α,β-unsaturated/α-hetero) is 1. The fraction of sp³-hybridized carbons (Fsp3) is 0.393. The maximum Gasteiger partial charge on any atom is 0.295 e. The van der Waals surface area contributed by atoms with Gasteiger partial charge in [-0.1, -0.05) is 6.07 Å². The number of nitrogens with zero attached hydrogens (tertiary/aromatic N) is 4. The van der Waals surface area contributed by atoms with E-state index in [9.17, 15) is 14.7 Å². The Labute approximate surface area is 221 Å². The highest BCUT2D eigenvalue weighted by atomic mass is 16.5. The number of aliphatic hydroxyl groups is 1. The fourth-order valence-electron chi connectivity index (χ4n) is 5.30. The minimum Gasteiger partial charge on any atom is -0.505 e. The summed E-state index contributed by atoms with van der Waals surface area (Å²) in [5.41, 5.74) is 2.11. The van der Waals surface area contributed by atoms with Crippen LogP contribution in [0.4, 0.5) is 0 Å². The molecule has 0 saturated carbocycles. The zero-order chi connectivity index (χ0) is 26.8. The van der Waals surface area contributed by atoms with Gasteiger partial charge in [0, 0.05) is 37.9 Å². The molecule has 10 heteroatoms. The Morgan fingerprint density at radius 1 is 1.11 bits per heavy atom. The van der Waals surface area contributed by atoms with Crippen LogP contribution in [0, 0.1) is 6.92 Å². The number of hydrogen-bond acceptors (Lipinski definition) is 8. The molecule has 38 heavy (non-hydrogen) atoms. The number of aliphatic hydroxyl groups excluding tert-OH is 1. The van der Waals surface area contributed by atoms with Crippen LogP contribution in [-0.4, -0.2) is 89.6 Å². The summed E-state index contributed by atoms with van der Waals surface area (Å²) in [6.45, 7) is 5.89. The lowest BCUT2D eigenvalue weighted by Crippen LogP contribution is -2.39. The van der Waals surface area contributed by atoms with Gasteiger partial charge in [-0.15, -0.1) is 0 Å². The zero-order valence-corrected chi connectivity index (χ0v) is 21.8. The van der Waals surface area contributed by atoms with Gasteiger partial charge < -0.3 is 24.2 Å². The molecule has 1 aromatic carbocycles. The summed E-state index contributed by atoms with van der Waals surface area (Å²) in [5.74, 6) is -0.642. The number of imidazole rings is 1. The first-order valence-electron chi connectivity index (χ1n) is 12.7. The Bertz CT molecular complexity index is 1390. The largest absolute Gasteiger partial charge is 0.505 e. The first-order valence-corrected chi connectivity index (χ1v) is 12.7. The standard InChI is InChI=1S/C28H32N4O6/c1-18-24(31-11-5-4-7-22(31)29-18)26(33)23-25(20-17-19(36-2)8-9-21(20)37-3)32(28(35)27(23)34)12-6-10-30-13-15-38-16-14-30/h4-5,7-9,11,17,25,33H,6,10,12-16H2,1-3H3/b26-23+/t25-/m1/s1. The monoisotopic (exact) mass is 520 g/mol. The average molecular weight is 521 g/mol. The second kappa shape index (κ2) is 10.8. The number of ether oxygens (including phenoxy) is 3. The zero-order valence-electron chi connectivity index (χ0n) is 21.8. The second-order valence-corrected chi connectivity index (χ2v) is 9.38. The van der Waals surface area contributed by atoms with Crippen molar-refractivity contribution in [3.63, 3.8) is 0 Å². The Morgan fingerprint density at radius 2 is 1.89 bits per heavy atom. The van der Waals surface area contributed by atoms with E-state index in [1.807, 2.05) is 18.2 Å². The molecular formula is C28H32N4O6. The number of amides is 1. The molecule has 200 valence electrons. The number of hydrogen-bond donors (Lipinski definition) is 1. The number of aromatic nitrogens is 2. The van der Waals surface area contributed by atoms with Gasteiger partial charge in [-0.2, -0.15) is 0 Å². The van der Waals surface area contributed by atoms with Crippen LogP contribution in [0.5, 0.6) is 11.5 Å². The lowest BCUT2D eigenvalue weighted by Gasteiger charge is -2.29. The number of ketones is 1. The van der Waals surface area contributed by atoms with Gasteiger partial charge in [0.05, 0.1) is 44.7 Å². The smallest absolute Gasteiger partial charge is 0.295 e. The molecule has 0 spiro atoms. The molecule has 2 aliphatic heterocycles. The van der Waals surface area contributed by atoms with Crippen molar-refractivity contribution in [2.24, 2.45) is 0 Å². The first kappa shape index (κ1) is 25.7. The molecule has 1 N–H and O–H groups in total. The lowest BCUT2D eigenvalue weighted by atomic mass is 9.95. The third kappa shape index (κ3) is 4.61. The molecule has 3 aromatic rings. The SMILES string of the molecule is COc1ccc(OC)c([C@@H]2/C(=C(\O)c3c(C)nc4ccccn34)C(=O)C(=O)N2CCCN2CCOCC2)c1. The number of fused-ring (bicyclic) bond motifs is 1. The number of pyridine rings is 1. The molecule has 2 fully saturated rings. The minimum absolute atomic E-state index is 0.00155. The van der Waals surface area contributed by atoms with Gasteiger partial charge in [0.2, 0.25) is 0 Å². The van der Waals surface area contributed by atoms with Crippen LogP contribution >= 0.6 is 0 Å². The van der Waals surface area contributed by atoms with Crippen LogP contribution in [0.15, 0.2) is 48.2 Å². The summed E-state index contributed by atoms with van der Waals surface area (Å²) in [6.07, 6.45) is 2.43. The van der Waals surface area contributed by atoms with Crippen molar-refractivity contribution in [3.8, 4) is 11.5 Å². The molecule has 1 atom stereocenters. The van der Waals surface area contributed by atoms with Gasteiger partial charge >= 0.3 is 0 Å². The van der Waals surface area contributed by atoms with E-state index < -0.39 is 17.7 Å². The van der Waals surface area contributed by atoms with Crippen LogP contribution < -0.4 is 9.47 Å². The number of likely N-dealkylation sites (tertiary alicyclic amines) is 1. The number of carbonyl (C=O) groups excluding carboxylic acids is 2. The highest BCUT2D eigenvalue weighted by Crippen LogP contribution is 2.44. The van der Waals surface area contributed by atoms with Crippen LogP contribution in [0.1, 0.15) is 29.4 Å². The van der Waals surface area contributed by atoms with E-state index in [0.29, 0.717) is 60.3 Å². The molecule has 10 nitrogen and oxygen atoms in total. The summed E-state index contributed by atoms with van der Waals surface area (Å²) in [5, 5.41) is 11.7. The van der Waals surface area contributed by atoms with Crippen molar-refractivity contribution in [2.45, 2.75) is 19.4 Å². The first-order chi connectivity index (χ1) is 18.4. The predicted octanol–water partition coefficient (Wildman–Crippen LogP) is 2.80. The van der Waals surface area contributed by atoms with Crippen molar-refractivity contribution in [2.75, 3.05) is 53.6 Å². The normalized spacial score (nSPS) is 19.9. The molecular weight excluding hydrogens is 488 g/mol. The maximum absolute atomic E-state index is 13.6. The van der Waals surface area contributed by atoms with Crippen molar-refractivity contribution < 1.29 is 28.9 Å². The lowest BCUT2D eigenvalue weighted by molar-refractivity contribution is -0.140. The number of carbonyl (C=O) groups is 2.